The fourth-order valence-corrected chi connectivity index (χ4v) is 2.56. The van der Waals surface area contributed by atoms with Gasteiger partial charge < -0.3 is 4.74 Å². The highest BCUT2D eigenvalue weighted by atomic mass is 35.5. The predicted octanol–water partition coefficient (Wildman–Crippen LogP) is 2.68. The highest BCUT2D eigenvalue weighted by Gasteiger charge is 2.13. The molecule has 0 aliphatic carbocycles. The summed E-state index contributed by atoms with van der Waals surface area (Å²) < 4.78 is 13.0. The Morgan fingerprint density at radius 2 is 2.11 bits per heavy atom. The average molecular weight is 280 g/mol. The van der Waals surface area contributed by atoms with Crippen molar-refractivity contribution in [2.75, 3.05) is 7.11 Å². The third kappa shape index (κ3) is 1.61. The highest BCUT2D eigenvalue weighted by molar-refractivity contribution is 7.00. The lowest BCUT2D eigenvalue weighted by Gasteiger charge is -2.02. The maximum Gasteiger partial charge on any atom is 0.337 e. The van der Waals surface area contributed by atoms with Crippen LogP contribution in [-0.2, 0) is 4.74 Å². The topological polar surface area (TPSA) is 65.0 Å². The maximum atomic E-state index is 11.5. The monoisotopic (exact) mass is 279 g/mol. The largest absolute Gasteiger partial charge is 0.465 e. The van der Waals surface area contributed by atoms with Gasteiger partial charge in [-0.15, -0.1) is 0 Å². The lowest BCUT2D eigenvalue weighted by atomic mass is 10.1. The van der Waals surface area contributed by atoms with Gasteiger partial charge in [0.05, 0.1) is 29.9 Å². The van der Waals surface area contributed by atoms with Gasteiger partial charge in [-0.1, -0.05) is 11.6 Å². The summed E-state index contributed by atoms with van der Waals surface area (Å²) in [5.41, 5.74) is 2.33. The lowest BCUT2D eigenvalue weighted by molar-refractivity contribution is 0.0601. The summed E-state index contributed by atoms with van der Waals surface area (Å²) in [5, 5.41) is 1.06. The molecule has 0 fully saturated rings. The van der Waals surface area contributed by atoms with Crippen LogP contribution in [-0.4, -0.2) is 26.8 Å². The molecule has 0 unspecified atom stereocenters. The van der Waals surface area contributed by atoms with E-state index in [-0.39, 0.29) is 0 Å². The Bertz CT molecular complexity index is 771. The minimum atomic E-state index is -0.400. The number of carbonyl (C=O) groups is 1. The Balaban J connectivity index is 2.38. The number of aromatic nitrogens is 3. The molecule has 0 aliphatic rings. The summed E-state index contributed by atoms with van der Waals surface area (Å²) in [6.45, 7) is 0. The first-order valence-corrected chi connectivity index (χ1v) is 6.11. The van der Waals surface area contributed by atoms with Gasteiger partial charge in [-0.05, 0) is 18.2 Å². The van der Waals surface area contributed by atoms with E-state index in [0.29, 0.717) is 27.3 Å². The van der Waals surface area contributed by atoms with Gasteiger partial charge in [-0.3, -0.25) is 0 Å². The molecule has 0 atom stereocenters. The fourth-order valence-electron chi connectivity index (χ4n) is 1.73. The van der Waals surface area contributed by atoms with E-state index < -0.39 is 5.97 Å². The minimum absolute atomic E-state index is 0.317. The molecular weight excluding hydrogens is 274 g/mol. The zero-order chi connectivity index (χ0) is 12.7. The van der Waals surface area contributed by atoms with Crippen molar-refractivity contribution in [3.63, 3.8) is 0 Å². The van der Waals surface area contributed by atoms with E-state index in [1.54, 1.807) is 18.2 Å². The van der Waals surface area contributed by atoms with E-state index in [4.69, 9.17) is 11.6 Å². The minimum Gasteiger partial charge on any atom is -0.465 e. The lowest BCUT2D eigenvalue weighted by Crippen LogP contribution is -2.00. The van der Waals surface area contributed by atoms with E-state index in [9.17, 15) is 4.79 Å². The van der Waals surface area contributed by atoms with Gasteiger partial charge in [0.1, 0.15) is 11.0 Å². The number of ether oxygens (including phenoxy) is 1. The van der Waals surface area contributed by atoms with Crippen molar-refractivity contribution in [1.29, 1.82) is 0 Å². The van der Waals surface area contributed by atoms with E-state index in [0.717, 1.165) is 17.1 Å². The van der Waals surface area contributed by atoms with Crippen molar-refractivity contribution < 1.29 is 9.53 Å². The third-order valence-corrected chi connectivity index (χ3v) is 3.37. The van der Waals surface area contributed by atoms with Crippen LogP contribution < -0.4 is 0 Å². The second-order valence-corrected chi connectivity index (χ2v) is 4.47. The highest BCUT2D eigenvalue weighted by Crippen LogP contribution is 2.28. The number of nitrogens with zero attached hydrogens (tertiary/aromatic N) is 3. The second-order valence-electron chi connectivity index (χ2n) is 3.59. The van der Waals surface area contributed by atoms with E-state index >= 15 is 0 Å². The maximum absolute atomic E-state index is 11.5. The first-order chi connectivity index (χ1) is 8.70. The standard InChI is InChI=1S/C11H6ClN3O2S/c1-17-11(16)5-2-3-7-6(4-5)8-9(10(12)13-7)15-18-14-8/h2-4H,1H3. The Hall–Kier alpha value is -1.79. The number of rotatable bonds is 1. The van der Waals surface area contributed by atoms with Crippen molar-refractivity contribution in [2.24, 2.45) is 0 Å². The molecule has 0 bridgehead atoms. The molecule has 2 heterocycles. The van der Waals surface area contributed by atoms with Crippen molar-refractivity contribution in [1.82, 2.24) is 13.7 Å². The number of pyridine rings is 1. The normalized spacial score (nSPS) is 11.0. The van der Waals surface area contributed by atoms with Gasteiger partial charge in [0.2, 0.25) is 0 Å². The van der Waals surface area contributed by atoms with Gasteiger partial charge in [-0.25, -0.2) is 9.78 Å². The van der Waals surface area contributed by atoms with Crippen molar-refractivity contribution >= 4 is 51.2 Å². The molecule has 0 radical (unpaired) electrons. The molecule has 1 aromatic carbocycles. The Morgan fingerprint density at radius 3 is 2.89 bits per heavy atom. The first-order valence-electron chi connectivity index (χ1n) is 5.00. The van der Waals surface area contributed by atoms with Crippen LogP contribution >= 0.6 is 23.3 Å². The van der Waals surface area contributed by atoms with Crippen molar-refractivity contribution in [3.8, 4) is 0 Å². The number of hydrogen-bond donors (Lipinski definition) is 0. The van der Waals surface area contributed by atoms with Gasteiger partial charge in [0.25, 0.3) is 0 Å². The van der Waals surface area contributed by atoms with Crippen LogP contribution in [0.25, 0.3) is 21.9 Å². The molecule has 0 N–H and O–H groups in total. The summed E-state index contributed by atoms with van der Waals surface area (Å²) in [7, 11) is 1.34. The molecular formula is C11H6ClN3O2S. The molecule has 0 saturated carbocycles. The molecule has 18 heavy (non-hydrogen) atoms. The quantitative estimate of drug-likeness (QED) is 0.506. The number of carbonyl (C=O) groups excluding carboxylic acids is 1. The Morgan fingerprint density at radius 1 is 1.33 bits per heavy atom. The predicted molar refractivity (Wildman–Crippen MR) is 69.1 cm³/mol. The number of benzene rings is 1. The second kappa shape index (κ2) is 4.15. The average Bonchev–Trinajstić information content (AvgIpc) is 2.88. The van der Waals surface area contributed by atoms with Gasteiger partial charge in [-0.2, -0.15) is 8.75 Å². The van der Waals surface area contributed by atoms with Crippen LogP contribution in [0.15, 0.2) is 18.2 Å². The van der Waals surface area contributed by atoms with Crippen LogP contribution in [0.3, 0.4) is 0 Å². The summed E-state index contributed by atoms with van der Waals surface area (Å²) in [6, 6.07) is 5.05. The first kappa shape index (κ1) is 11.3. The zero-order valence-corrected chi connectivity index (χ0v) is 10.7. The molecule has 0 amide bonds. The molecule has 0 aliphatic heterocycles. The van der Waals surface area contributed by atoms with Crippen molar-refractivity contribution in [3.05, 3.63) is 28.9 Å². The molecule has 0 saturated heterocycles. The summed E-state index contributed by atoms with van der Waals surface area (Å²) >= 11 is 7.07. The fraction of sp³-hybridized carbons (Fsp3) is 0.0909. The number of methoxy groups -OCH3 is 1. The molecule has 2 aromatic heterocycles. The van der Waals surface area contributed by atoms with Crippen LogP contribution in [0.2, 0.25) is 5.15 Å². The molecule has 0 spiro atoms. The third-order valence-electron chi connectivity index (χ3n) is 2.58. The van der Waals surface area contributed by atoms with Crippen LogP contribution in [0.1, 0.15) is 10.4 Å². The van der Waals surface area contributed by atoms with Crippen LogP contribution in [0, 0.1) is 0 Å². The zero-order valence-electron chi connectivity index (χ0n) is 9.18. The van der Waals surface area contributed by atoms with Crippen LogP contribution in [0.5, 0.6) is 0 Å². The van der Waals surface area contributed by atoms with E-state index in [1.807, 2.05) is 0 Å². The van der Waals surface area contributed by atoms with E-state index in [1.165, 1.54) is 7.11 Å². The Labute approximate surface area is 111 Å². The number of hydrogen-bond acceptors (Lipinski definition) is 6. The van der Waals surface area contributed by atoms with Gasteiger partial charge in [0, 0.05) is 5.39 Å². The SMILES string of the molecule is COC(=O)c1ccc2nc(Cl)c3nsnc3c2c1. The molecule has 7 heteroatoms. The number of fused-ring (bicyclic) bond motifs is 3. The van der Waals surface area contributed by atoms with Crippen LogP contribution in [0.4, 0.5) is 0 Å². The molecule has 3 aromatic rings. The summed E-state index contributed by atoms with van der Waals surface area (Å²) in [4.78, 5) is 15.7. The smallest absolute Gasteiger partial charge is 0.337 e. The molecule has 3 rings (SSSR count). The van der Waals surface area contributed by atoms with Gasteiger partial charge >= 0.3 is 5.97 Å². The summed E-state index contributed by atoms with van der Waals surface area (Å²) in [5.74, 6) is -0.400. The number of halogens is 1. The van der Waals surface area contributed by atoms with Gasteiger partial charge in [0.15, 0.2) is 5.15 Å². The number of esters is 1. The van der Waals surface area contributed by atoms with Crippen molar-refractivity contribution in [2.45, 2.75) is 0 Å². The summed E-state index contributed by atoms with van der Waals surface area (Å²) in [6.07, 6.45) is 0. The van der Waals surface area contributed by atoms with E-state index in [2.05, 4.69) is 18.5 Å². The molecule has 5 nitrogen and oxygen atoms in total. The Kier molecular flexibility index (Phi) is 2.61. The molecule has 90 valence electrons.